The molecule has 7 heteroatoms. The Labute approximate surface area is 219 Å². The highest BCUT2D eigenvalue weighted by atomic mass is 16.4. The molecule has 7 nitrogen and oxygen atoms in total. The van der Waals surface area contributed by atoms with E-state index in [9.17, 15) is 29.7 Å². The molecule has 0 aliphatic rings. The maximum Gasteiger partial charge on any atom is 0.362 e. The van der Waals surface area contributed by atoms with Crippen molar-refractivity contribution in [3.05, 3.63) is 12.2 Å². The second-order valence-electron chi connectivity index (χ2n) is 10.1. The van der Waals surface area contributed by atoms with Gasteiger partial charge in [-0.2, -0.15) is 0 Å². The number of unbranched alkanes of at least 4 members (excludes halogenated alkanes) is 11. The summed E-state index contributed by atoms with van der Waals surface area (Å²) in [5, 5.41) is 32.0. The van der Waals surface area contributed by atoms with Crippen LogP contribution in [0.5, 0.6) is 0 Å². The number of quaternary nitrogens is 1. The minimum absolute atomic E-state index is 0.109. The van der Waals surface area contributed by atoms with Crippen molar-refractivity contribution in [1.82, 2.24) is 0 Å². The van der Waals surface area contributed by atoms with Gasteiger partial charge in [0.2, 0.25) is 0 Å². The van der Waals surface area contributed by atoms with Gasteiger partial charge in [0.25, 0.3) is 0 Å². The van der Waals surface area contributed by atoms with E-state index in [0.29, 0.717) is 6.42 Å². The lowest BCUT2D eigenvalue weighted by atomic mass is 9.94. The number of allylic oxidation sites excluding steroid dienone is 1. The summed E-state index contributed by atoms with van der Waals surface area (Å²) in [5.41, 5.74) is 0. The number of rotatable bonds is 24. The highest BCUT2D eigenvalue weighted by molar-refractivity contribution is 5.77. The van der Waals surface area contributed by atoms with Crippen LogP contribution in [0.2, 0.25) is 0 Å². The molecule has 0 aromatic carbocycles. The van der Waals surface area contributed by atoms with Crippen LogP contribution in [0.3, 0.4) is 0 Å². The van der Waals surface area contributed by atoms with E-state index < -0.39 is 40.5 Å². The van der Waals surface area contributed by atoms with Gasteiger partial charge in [-0.05, 0) is 12.8 Å². The minimum atomic E-state index is -1.39. The predicted molar refractivity (Wildman–Crippen MR) is 142 cm³/mol. The van der Waals surface area contributed by atoms with E-state index in [1.165, 1.54) is 64.2 Å². The first-order chi connectivity index (χ1) is 17.2. The monoisotopic (exact) mass is 511 g/mol. The molecule has 0 saturated heterocycles. The molecular formula is C29H53NO6. The number of carbonyl (C=O) groups is 3. The van der Waals surface area contributed by atoms with Gasteiger partial charge in [0, 0.05) is 25.7 Å². The first-order valence-corrected chi connectivity index (χ1v) is 14.4. The average Bonchev–Trinajstić information content (AvgIpc) is 2.82. The van der Waals surface area contributed by atoms with Gasteiger partial charge in [0.15, 0.2) is 12.1 Å². The van der Waals surface area contributed by atoms with E-state index in [2.05, 4.69) is 13.0 Å². The molecule has 0 bridgehead atoms. The molecule has 0 aliphatic heterocycles. The summed E-state index contributed by atoms with van der Waals surface area (Å²) in [6, 6.07) is -3.46. The van der Waals surface area contributed by atoms with Gasteiger partial charge in [-0.1, -0.05) is 104 Å². The standard InChI is InChI=1S/C29H53NO6/c1-5-9-10-11-12-13-14-15-16-17-18-19-20-21-22-23-30(24(6-2)27(31)32,25(7-3)28(33)34)26(8-4)29(35)36/h20-21,24-26H,5-19,22-23H2,1-4H3,(H2-,31,32,33,34,35,36)/b21-20+. The smallest absolute Gasteiger partial charge is 0.362 e. The Hall–Kier alpha value is -1.89. The van der Waals surface area contributed by atoms with Gasteiger partial charge in [-0.3, -0.25) is 4.48 Å². The molecule has 0 fully saturated rings. The SMILES string of the molecule is CCCCCCCCCCCCC/C=C/CC[N+](C(CC)C(=O)[O-])(C(CC)C(=O)O)C(CC)C(=O)O. The van der Waals surface area contributed by atoms with Crippen LogP contribution in [0.1, 0.15) is 130 Å². The maximum absolute atomic E-state index is 12.2. The van der Waals surface area contributed by atoms with Crippen LogP contribution in [0.25, 0.3) is 0 Å². The molecule has 210 valence electrons. The summed E-state index contributed by atoms with van der Waals surface area (Å²) >= 11 is 0. The molecule has 3 atom stereocenters. The zero-order valence-electron chi connectivity index (χ0n) is 23.4. The molecule has 0 heterocycles. The molecule has 0 radical (unpaired) electrons. The average molecular weight is 512 g/mol. The summed E-state index contributed by atoms with van der Waals surface area (Å²) in [4.78, 5) is 36.5. The lowest BCUT2D eigenvalue weighted by molar-refractivity contribution is -0.974. The third-order valence-corrected chi connectivity index (χ3v) is 7.57. The molecule has 0 aromatic heterocycles. The maximum atomic E-state index is 12.2. The van der Waals surface area contributed by atoms with Gasteiger partial charge >= 0.3 is 11.9 Å². The molecule has 36 heavy (non-hydrogen) atoms. The Kier molecular flexibility index (Phi) is 19.1. The number of carboxylic acids is 3. The molecule has 0 aromatic rings. The van der Waals surface area contributed by atoms with Crippen LogP contribution in [-0.4, -0.2) is 57.3 Å². The molecule has 0 rings (SSSR count). The number of aliphatic carboxylic acids is 3. The van der Waals surface area contributed by atoms with E-state index >= 15 is 0 Å². The van der Waals surface area contributed by atoms with Crippen molar-refractivity contribution < 1.29 is 34.2 Å². The molecule has 0 spiro atoms. The summed E-state index contributed by atoms with van der Waals surface area (Å²) < 4.78 is -0.515. The Morgan fingerprint density at radius 1 is 0.639 bits per heavy atom. The fraction of sp³-hybridized carbons (Fsp3) is 0.828. The summed E-state index contributed by atoms with van der Waals surface area (Å²) in [7, 11) is 0. The van der Waals surface area contributed by atoms with Gasteiger partial charge in [0.05, 0.1) is 12.5 Å². The van der Waals surface area contributed by atoms with Crippen LogP contribution in [0.15, 0.2) is 12.2 Å². The summed E-state index contributed by atoms with van der Waals surface area (Å²) in [6.45, 7) is 7.37. The van der Waals surface area contributed by atoms with E-state index in [0.717, 1.165) is 12.8 Å². The van der Waals surface area contributed by atoms with Crippen molar-refractivity contribution in [2.45, 2.75) is 149 Å². The lowest BCUT2D eigenvalue weighted by Crippen LogP contribution is -2.73. The van der Waals surface area contributed by atoms with E-state index in [-0.39, 0.29) is 25.8 Å². The number of hydrogen-bond donors (Lipinski definition) is 2. The van der Waals surface area contributed by atoms with E-state index in [1.54, 1.807) is 20.8 Å². The van der Waals surface area contributed by atoms with E-state index in [1.807, 2.05) is 6.08 Å². The summed E-state index contributed by atoms with van der Waals surface area (Å²) in [6.07, 6.45) is 19.9. The Bertz CT molecular complexity index is 593. The second-order valence-corrected chi connectivity index (χ2v) is 10.1. The van der Waals surface area contributed by atoms with Crippen LogP contribution >= 0.6 is 0 Å². The van der Waals surface area contributed by atoms with Crippen LogP contribution in [-0.2, 0) is 14.4 Å². The third kappa shape index (κ3) is 11.4. The van der Waals surface area contributed by atoms with Gasteiger partial charge in [-0.15, -0.1) is 0 Å². The number of carboxylic acid groups (broad SMARTS) is 3. The second kappa shape index (κ2) is 20.2. The largest absolute Gasteiger partial charge is 0.544 e. The third-order valence-electron chi connectivity index (χ3n) is 7.57. The van der Waals surface area contributed by atoms with Crippen LogP contribution in [0.4, 0.5) is 0 Å². The fourth-order valence-corrected chi connectivity index (χ4v) is 5.72. The molecule has 0 saturated carbocycles. The van der Waals surface area contributed by atoms with E-state index in [4.69, 9.17) is 0 Å². The number of nitrogens with zero attached hydrogens (tertiary/aromatic N) is 1. The quantitative estimate of drug-likeness (QED) is 0.0975. The van der Waals surface area contributed by atoms with Crippen molar-refractivity contribution in [1.29, 1.82) is 0 Å². The number of carbonyl (C=O) groups excluding carboxylic acids is 1. The fourth-order valence-electron chi connectivity index (χ4n) is 5.72. The van der Waals surface area contributed by atoms with Gasteiger partial charge < -0.3 is 20.1 Å². The molecular weight excluding hydrogens is 458 g/mol. The molecule has 3 unspecified atom stereocenters. The predicted octanol–water partition coefficient (Wildman–Crippen LogP) is 5.71. The van der Waals surface area contributed by atoms with Crippen molar-refractivity contribution >= 4 is 17.9 Å². The minimum Gasteiger partial charge on any atom is -0.544 e. The Balaban J connectivity index is 4.96. The Morgan fingerprint density at radius 2 is 1.03 bits per heavy atom. The van der Waals surface area contributed by atoms with Crippen molar-refractivity contribution in [2.24, 2.45) is 0 Å². The summed E-state index contributed by atoms with van der Waals surface area (Å²) in [5.74, 6) is -3.72. The number of hydrogen-bond acceptors (Lipinski definition) is 4. The molecule has 0 aliphatic carbocycles. The normalized spacial score (nSPS) is 15.9. The highest BCUT2D eigenvalue weighted by Crippen LogP contribution is 2.31. The Morgan fingerprint density at radius 3 is 1.39 bits per heavy atom. The topological polar surface area (TPSA) is 115 Å². The van der Waals surface area contributed by atoms with Crippen LogP contribution in [0, 0.1) is 0 Å². The molecule has 2 N–H and O–H groups in total. The van der Waals surface area contributed by atoms with Crippen molar-refractivity contribution in [3.63, 3.8) is 0 Å². The van der Waals surface area contributed by atoms with Crippen molar-refractivity contribution in [2.75, 3.05) is 6.54 Å². The zero-order chi connectivity index (χ0) is 27.4. The zero-order valence-corrected chi connectivity index (χ0v) is 23.4. The highest BCUT2D eigenvalue weighted by Gasteiger charge is 2.53. The van der Waals surface area contributed by atoms with Crippen molar-refractivity contribution in [3.8, 4) is 0 Å². The first kappa shape index (κ1) is 34.1. The van der Waals surface area contributed by atoms with Gasteiger partial charge in [0.1, 0.15) is 6.04 Å². The van der Waals surface area contributed by atoms with Gasteiger partial charge in [-0.25, -0.2) is 9.59 Å². The molecule has 0 amide bonds. The van der Waals surface area contributed by atoms with Crippen LogP contribution < -0.4 is 5.11 Å². The first-order valence-electron chi connectivity index (χ1n) is 14.4. The lowest BCUT2D eigenvalue weighted by Gasteiger charge is -2.51.